The number of hydrogen-bond acceptors (Lipinski definition) is 2. The second-order valence-electron chi connectivity index (χ2n) is 3.97. The molecule has 0 bridgehead atoms. The average molecular weight is 209 g/mol. The summed E-state index contributed by atoms with van der Waals surface area (Å²) in [6.07, 6.45) is 2.08. The molecule has 0 aliphatic heterocycles. The highest BCUT2D eigenvalue weighted by Gasteiger charge is 2.16. The number of carbonyl (C=O) groups excluding carboxylic acids is 1. The molecule has 1 rings (SSSR count). The topological polar surface area (TPSA) is 57.8 Å². The molecule has 4 heteroatoms. The van der Waals surface area contributed by atoms with Gasteiger partial charge in [-0.2, -0.15) is 5.10 Å². The Labute approximate surface area is 90.5 Å². The normalized spacial score (nSPS) is 12.5. The van der Waals surface area contributed by atoms with Crippen LogP contribution >= 0.6 is 0 Å². The fourth-order valence-electron chi connectivity index (χ4n) is 1.69. The molecule has 0 radical (unpaired) electrons. The van der Waals surface area contributed by atoms with E-state index in [1.54, 1.807) is 0 Å². The van der Waals surface area contributed by atoms with E-state index in [2.05, 4.69) is 22.4 Å². The Balaban J connectivity index is 2.69. The van der Waals surface area contributed by atoms with Crippen molar-refractivity contribution < 1.29 is 4.79 Å². The van der Waals surface area contributed by atoms with E-state index in [1.807, 2.05) is 20.8 Å². The lowest BCUT2D eigenvalue weighted by molar-refractivity contribution is 0.0937. The van der Waals surface area contributed by atoms with Crippen LogP contribution in [0.15, 0.2) is 0 Å². The Bertz CT molecular complexity index is 324. The van der Waals surface area contributed by atoms with Crippen LogP contribution in [0.5, 0.6) is 0 Å². The first-order valence-corrected chi connectivity index (χ1v) is 5.38. The number of hydrogen-bond donors (Lipinski definition) is 2. The molecule has 84 valence electrons. The number of nitrogens with one attached hydrogen (secondary N) is 2. The van der Waals surface area contributed by atoms with Gasteiger partial charge >= 0.3 is 0 Å². The van der Waals surface area contributed by atoms with Crippen molar-refractivity contribution in [3.8, 4) is 0 Å². The molecule has 1 aromatic heterocycles. The summed E-state index contributed by atoms with van der Waals surface area (Å²) in [5.41, 5.74) is 2.26. The SMILES string of the molecule is CCCC(C)NC(=O)c1c(C)n[nH]c1C. The molecule has 1 unspecified atom stereocenters. The van der Waals surface area contributed by atoms with Gasteiger partial charge in [-0.3, -0.25) is 9.89 Å². The van der Waals surface area contributed by atoms with E-state index in [0.29, 0.717) is 5.56 Å². The molecule has 0 spiro atoms. The number of aryl methyl sites for hydroxylation is 2. The van der Waals surface area contributed by atoms with Gasteiger partial charge in [0, 0.05) is 11.7 Å². The smallest absolute Gasteiger partial charge is 0.255 e. The van der Waals surface area contributed by atoms with Crippen molar-refractivity contribution in [3.05, 3.63) is 17.0 Å². The van der Waals surface area contributed by atoms with E-state index in [0.717, 1.165) is 24.2 Å². The highest BCUT2D eigenvalue weighted by molar-refractivity contribution is 5.96. The Morgan fingerprint density at radius 1 is 1.53 bits per heavy atom. The van der Waals surface area contributed by atoms with E-state index in [9.17, 15) is 4.79 Å². The van der Waals surface area contributed by atoms with Crippen molar-refractivity contribution in [1.29, 1.82) is 0 Å². The molecule has 4 nitrogen and oxygen atoms in total. The van der Waals surface area contributed by atoms with E-state index in [1.165, 1.54) is 0 Å². The Morgan fingerprint density at radius 2 is 2.20 bits per heavy atom. The molecule has 1 atom stereocenters. The van der Waals surface area contributed by atoms with Gasteiger partial charge in [-0.25, -0.2) is 0 Å². The number of H-pyrrole nitrogens is 1. The van der Waals surface area contributed by atoms with E-state index >= 15 is 0 Å². The molecule has 15 heavy (non-hydrogen) atoms. The van der Waals surface area contributed by atoms with Crippen LogP contribution in [0.4, 0.5) is 0 Å². The van der Waals surface area contributed by atoms with Gasteiger partial charge in [0.15, 0.2) is 0 Å². The maximum absolute atomic E-state index is 11.9. The summed E-state index contributed by atoms with van der Waals surface area (Å²) >= 11 is 0. The summed E-state index contributed by atoms with van der Waals surface area (Å²) in [5, 5.41) is 9.78. The molecule has 0 saturated heterocycles. The third-order valence-corrected chi connectivity index (χ3v) is 2.45. The first-order chi connectivity index (χ1) is 7.06. The number of nitrogens with zero attached hydrogens (tertiary/aromatic N) is 1. The lowest BCUT2D eigenvalue weighted by Gasteiger charge is -2.12. The highest BCUT2D eigenvalue weighted by Crippen LogP contribution is 2.09. The second kappa shape index (κ2) is 4.96. The lowest BCUT2D eigenvalue weighted by Crippen LogP contribution is -2.32. The summed E-state index contributed by atoms with van der Waals surface area (Å²) in [7, 11) is 0. The van der Waals surface area contributed by atoms with E-state index < -0.39 is 0 Å². The molecule has 1 heterocycles. The van der Waals surface area contributed by atoms with Crippen molar-refractivity contribution in [2.24, 2.45) is 0 Å². The summed E-state index contributed by atoms with van der Waals surface area (Å²) in [6.45, 7) is 7.82. The predicted octanol–water partition coefficient (Wildman–Crippen LogP) is 1.94. The van der Waals surface area contributed by atoms with Crippen LogP contribution < -0.4 is 5.32 Å². The molecular weight excluding hydrogens is 190 g/mol. The molecule has 0 aromatic carbocycles. The van der Waals surface area contributed by atoms with Gasteiger partial charge in [-0.05, 0) is 27.2 Å². The van der Waals surface area contributed by atoms with Crippen LogP contribution in [0.3, 0.4) is 0 Å². The predicted molar refractivity (Wildman–Crippen MR) is 59.9 cm³/mol. The van der Waals surface area contributed by atoms with Gasteiger partial charge < -0.3 is 5.32 Å². The minimum Gasteiger partial charge on any atom is -0.349 e. The number of rotatable bonds is 4. The van der Waals surface area contributed by atoms with Gasteiger partial charge in [0.05, 0.1) is 11.3 Å². The third kappa shape index (κ3) is 2.81. The van der Waals surface area contributed by atoms with Gasteiger partial charge in [-0.1, -0.05) is 13.3 Å². The molecule has 0 saturated carbocycles. The zero-order chi connectivity index (χ0) is 11.4. The fourth-order valence-corrected chi connectivity index (χ4v) is 1.69. The Hall–Kier alpha value is -1.32. The lowest BCUT2D eigenvalue weighted by atomic mass is 10.1. The molecule has 0 aliphatic rings. The number of aromatic amines is 1. The minimum atomic E-state index is -0.0281. The van der Waals surface area contributed by atoms with Gasteiger partial charge in [0.2, 0.25) is 0 Å². The Morgan fingerprint density at radius 3 is 2.67 bits per heavy atom. The van der Waals surface area contributed by atoms with Crippen molar-refractivity contribution >= 4 is 5.91 Å². The molecule has 1 aromatic rings. The number of amides is 1. The zero-order valence-corrected chi connectivity index (χ0v) is 9.85. The molecule has 0 aliphatic carbocycles. The van der Waals surface area contributed by atoms with Crippen LogP contribution in [0, 0.1) is 13.8 Å². The van der Waals surface area contributed by atoms with Gasteiger partial charge in [0.25, 0.3) is 5.91 Å². The summed E-state index contributed by atoms with van der Waals surface area (Å²) < 4.78 is 0. The van der Waals surface area contributed by atoms with Crippen LogP contribution in [-0.2, 0) is 0 Å². The largest absolute Gasteiger partial charge is 0.349 e. The average Bonchev–Trinajstić information content (AvgIpc) is 2.46. The second-order valence-corrected chi connectivity index (χ2v) is 3.97. The minimum absolute atomic E-state index is 0.0281. The maximum Gasteiger partial charge on any atom is 0.255 e. The summed E-state index contributed by atoms with van der Waals surface area (Å²) in [4.78, 5) is 11.9. The maximum atomic E-state index is 11.9. The number of aromatic nitrogens is 2. The van der Waals surface area contributed by atoms with Crippen molar-refractivity contribution in [3.63, 3.8) is 0 Å². The molecule has 1 amide bonds. The Kier molecular flexibility index (Phi) is 3.88. The quantitative estimate of drug-likeness (QED) is 0.796. The third-order valence-electron chi connectivity index (χ3n) is 2.45. The van der Waals surface area contributed by atoms with E-state index in [4.69, 9.17) is 0 Å². The van der Waals surface area contributed by atoms with E-state index in [-0.39, 0.29) is 11.9 Å². The summed E-state index contributed by atoms with van der Waals surface area (Å²) in [5.74, 6) is -0.0281. The van der Waals surface area contributed by atoms with Crippen molar-refractivity contribution in [2.75, 3.05) is 0 Å². The molecule has 0 fully saturated rings. The van der Waals surface area contributed by atoms with Crippen LogP contribution in [0.25, 0.3) is 0 Å². The van der Waals surface area contributed by atoms with Gasteiger partial charge in [0.1, 0.15) is 0 Å². The first-order valence-electron chi connectivity index (χ1n) is 5.38. The molecular formula is C11H19N3O. The first kappa shape index (κ1) is 11.8. The van der Waals surface area contributed by atoms with Crippen LogP contribution in [0.1, 0.15) is 48.4 Å². The monoisotopic (exact) mass is 209 g/mol. The highest BCUT2D eigenvalue weighted by atomic mass is 16.1. The number of carbonyl (C=O) groups is 1. The summed E-state index contributed by atoms with van der Waals surface area (Å²) in [6, 6.07) is 0.219. The van der Waals surface area contributed by atoms with Crippen molar-refractivity contribution in [1.82, 2.24) is 15.5 Å². The van der Waals surface area contributed by atoms with Crippen molar-refractivity contribution in [2.45, 2.75) is 46.6 Å². The standard InChI is InChI=1S/C11H19N3O/c1-5-6-7(2)12-11(15)10-8(3)13-14-9(10)4/h7H,5-6H2,1-4H3,(H,12,15)(H,13,14). The molecule has 2 N–H and O–H groups in total. The van der Waals surface area contributed by atoms with Gasteiger partial charge in [-0.15, -0.1) is 0 Å². The fraction of sp³-hybridized carbons (Fsp3) is 0.636. The zero-order valence-electron chi connectivity index (χ0n) is 9.85. The van der Waals surface area contributed by atoms with Crippen LogP contribution in [-0.4, -0.2) is 22.1 Å². The van der Waals surface area contributed by atoms with Crippen LogP contribution in [0.2, 0.25) is 0 Å².